The first kappa shape index (κ1) is 14.8. The van der Waals surface area contributed by atoms with E-state index in [1.54, 1.807) is 11.3 Å². The Morgan fingerprint density at radius 3 is 3.00 bits per heavy atom. The highest BCUT2D eigenvalue weighted by Crippen LogP contribution is 2.31. The zero-order valence-electron chi connectivity index (χ0n) is 12.4. The lowest BCUT2D eigenvalue weighted by Gasteiger charge is -2.35. The van der Waals surface area contributed by atoms with Gasteiger partial charge >= 0.3 is 0 Å². The van der Waals surface area contributed by atoms with Gasteiger partial charge in [-0.05, 0) is 43.0 Å². The van der Waals surface area contributed by atoms with Gasteiger partial charge < -0.3 is 10.4 Å². The number of aromatic amines is 1. The van der Waals surface area contributed by atoms with E-state index < -0.39 is 5.60 Å². The maximum Gasteiger partial charge on any atom is 0.0794 e. The van der Waals surface area contributed by atoms with Crippen LogP contribution < -0.4 is 5.32 Å². The van der Waals surface area contributed by atoms with Gasteiger partial charge in [0.15, 0.2) is 0 Å². The van der Waals surface area contributed by atoms with Crippen molar-refractivity contribution in [2.24, 2.45) is 5.92 Å². The van der Waals surface area contributed by atoms with Crippen molar-refractivity contribution in [3.05, 3.63) is 29.3 Å². The Bertz CT molecular complexity index is 556. The van der Waals surface area contributed by atoms with Crippen molar-refractivity contribution in [2.75, 3.05) is 6.54 Å². The van der Waals surface area contributed by atoms with E-state index >= 15 is 0 Å². The second kappa shape index (κ2) is 6.30. The van der Waals surface area contributed by atoms with Crippen molar-refractivity contribution < 1.29 is 5.11 Å². The number of nitrogens with one attached hydrogen (secondary N) is 2. The summed E-state index contributed by atoms with van der Waals surface area (Å²) in [5.41, 5.74) is 1.71. The summed E-state index contributed by atoms with van der Waals surface area (Å²) in [5, 5.41) is 23.3. The van der Waals surface area contributed by atoms with Crippen LogP contribution in [0.1, 0.15) is 38.2 Å². The Labute approximate surface area is 129 Å². The largest absolute Gasteiger partial charge is 0.389 e. The minimum absolute atomic E-state index is 0.528. The molecule has 114 valence electrons. The molecule has 0 saturated heterocycles. The molecule has 0 aliphatic heterocycles. The molecule has 2 heterocycles. The zero-order chi connectivity index (χ0) is 14.7. The lowest BCUT2D eigenvalue weighted by Crippen LogP contribution is -2.43. The predicted octanol–water partition coefficient (Wildman–Crippen LogP) is 3.17. The predicted molar refractivity (Wildman–Crippen MR) is 86.2 cm³/mol. The number of nitrogens with zero attached hydrogens (tertiary/aromatic N) is 1. The summed E-state index contributed by atoms with van der Waals surface area (Å²) in [6, 6.07) is 4.14. The van der Waals surface area contributed by atoms with Crippen LogP contribution in [0, 0.1) is 5.92 Å². The fourth-order valence-electron chi connectivity index (χ4n) is 2.99. The summed E-state index contributed by atoms with van der Waals surface area (Å²) in [6.07, 6.45) is 5.94. The summed E-state index contributed by atoms with van der Waals surface area (Å²) < 4.78 is 0. The third-order valence-corrected chi connectivity index (χ3v) is 5.35. The summed E-state index contributed by atoms with van der Waals surface area (Å²) >= 11 is 1.71. The number of thiophene rings is 1. The van der Waals surface area contributed by atoms with Crippen LogP contribution >= 0.6 is 11.3 Å². The normalized spacial score (nSPS) is 26.1. The van der Waals surface area contributed by atoms with Crippen LogP contribution in [-0.4, -0.2) is 27.4 Å². The average molecular weight is 305 g/mol. The highest BCUT2D eigenvalue weighted by Gasteiger charge is 2.31. The molecule has 0 unspecified atom stereocenters. The van der Waals surface area contributed by atoms with Gasteiger partial charge in [-0.25, -0.2) is 0 Å². The molecule has 1 aliphatic carbocycles. The van der Waals surface area contributed by atoms with E-state index in [9.17, 15) is 5.11 Å². The van der Waals surface area contributed by atoms with Crippen molar-refractivity contribution in [1.29, 1.82) is 0 Å². The minimum atomic E-state index is -0.528. The average Bonchev–Trinajstić information content (AvgIpc) is 3.13. The Hall–Kier alpha value is -1.17. The van der Waals surface area contributed by atoms with Gasteiger partial charge in [0, 0.05) is 18.7 Å². The van der Waals surface area contributed by atoms with E-state index in [1.165, 1.54) is 4.88 Å². The van der Waals surface area contributed by atoms with Crippen LogP contribution in [0.2, 0.25) is 0 Å². The number of H-pyrrole nitrogens is 1. The number of hydrogen-bond donors (Lipinski definition) is 3. The van der Waals surface area contributed by atoms with Gasteiger partial charge in [-0.1, -0.05) is 13.0 Å². The summed E-state index contributed by atoms with van der Waals surface area (Å²) in [7, 11) is 0. The van der Waals surface area contributed by atoms with E-state index in [1.807, 2.05) is 12.3 Å². The second-order valence-corrected chi connectivity index (χ2v) is 7.21. The van der Waals surface area contributed by atoms with Crippen molar-refractivity contribution in [3.63, 3.8) is 0 Å². The maximum atomic E-state index is 10.6. The van der Waals surface area contributed by atoms with Crippen LogP contribution in [0.5, 0.6) is 0 Å². The van der Waals surface area contributed by atoms with Gasteiger partial charge in [0.1, 0.15) is 0 Å². The molecule has 0 radical (unpaired) electrons. The van der Waals surface area contributed by atoms with Crippen molar-refractivity contribution >= 4 is 11.3 Å². The summed E-state index contributed by atoms with van der Waals surface area (Å²) in [6.45, 7) is 3.67. The van der Waals surface area contributed by atoms with Gasteiger partial charge in [0.05, 0.1) is 22.4 Å². The molecular weight excluding hydrogens is 282 g/mol. The third kappa shape index (κ3) is 3.54. The monoisotopic (exact) mass is 305 g/mol. The van der Waals surface area contributed by atoms with Gasteiger partial charge in [0.25, 0.3) is 0 Å². The van der Waals surface area contributed by atoms with Crippen LogP contribution in [0.15, 0.2) is 23.7 Å². The molecular formula is C16H23N3OS. The van der Waals surface area contributed by atoms with Crippen LogP contribution in [0.3, 0.4) is 0 Å². The molecule has 0 aromatic carbocycles. The molecule has 2 aromatic heterocycles. The molecule has 1 aliphatic rings. The standard InChI is InChI=1S/C16H23N3OS/c1-12-4-6-16(20,7-5-12)11-17-9-13-10-18-19-15(13)14-3-2-8-21-14/h2-3,8,10,12,17,20H,4-7,9,11H2,1H3,(H,18,19). The molecule has 0 atom stereocenters. The topological polar surface area (TPSA) is 60.9 Å². The third-order valence-electron chi connectivity index (χ3n) is 4.46. The van der Waals surface area contributed by atoms with E-state index in [0.29, 0.717) is 6.54 Å². The zero-order valence-corrected chi connectivity index (χ0v) is 13.2. The number of aliphatic hydroxyl groups is 1. The molecule has 2 aromatic rings. The molecule has 3 rings (SSSR count). The number of aromatic nitrogens is 2. The lowest BCUT2D eigenvalue weighted by molar-refractivity contribution is -0.00629. The Balaban J connectivity index is 1.56. The fraction of sp³-hybridized carbons (Fsp3) is 0.562. The first-order chi connectivity index (χ1) is 10.2. The highest BCUT2D eigenvalue weighted by atomic mass is 32.1. The fourth-order valence-corrected chi connectivity index (χ4v) is 3.74. The van der Waals surface area contributed by atoms with Crippen LogP contribution in [-0.2, 0) is 6.54 Å². The van der Waals surface area contributed by atoms with Gasteiger partial charge in [-0.15, -0.1) is 11.3 Å². The molecule has 1 fully saturated rings. The Morgan fingerprint density at radius 2 is 2.29 bits per heavy atom. The SMILES string of the molecule is CC1CCC(O)(CNCc2cn[nH]c2-c2cccs2)CC1. The molecule has 4 nitrogen and oxygen atoms in total. The number of rotatable bonds is 5. The van der Waals surface area contributed by atoms with Gasteiger partial charge in [-0.2, -0.15) is 5.10 Å². The number of hydrogen-bond acceptors (Lipinski definition) is 4. The molecule has 3 N–H and O–H groups in total. The van der Waals surface area contributed by atoms with Gasteiger partial charge in [0.2, 0.25) is 0 Å². The van der Waals surface area contributed by atoms with Crippen LogP contribution in [0.25, 0.3) is 10.6 Å². The molecule has 0 bridgehead atoms. The lowest BCUT2D eigenvalue weighted by atomic mass is 9.79. The Morgan fingerprint density at radius 1 is 1.48 bits per heavy atom. The van der Waals surface area contributed by atoms with E-state index in [2.05, 4.69) is 33.9 Å². The highest BCUT2D eigenvalue weighted by molar-refractivity contribution is 7.13. The van der Waals surface area contributed by atoms with E-state index in [0.717, 1.165) is 49.4 Å². The van der Waals surface area contributed by atoms with Crippen LogP contribution in [0.4, 0.5) is 0 Å². The minimum Gasteiger partial charge on any atom is -0.389 e. The smallest absolute Gasteiger partial charge is 0.0794 e. The van der Waals surface area contributed by atoms with E-state index in [-0.39, 0.29) is 0 Å². The van der Waals surface area contributed by atoms with Crippen molar-refractivity contribution in [2.45, 2.75) is 44.8 Å². The van der Waals surface area contributed by atoms with Gasteiger partial charge in [-0.3, -0.25) is 5.10 Å². The molecule has 5 heteroatoms. The maximum absolute atomic E-state index is 10.6. The Kier molecular flexibility index (Phi) is 4.42. The van der Waals surface area contributed by atoms with E-state index in [4.69, 9.17) is 0 Å². The quantitative estimate of drug-likeness (QED) is 0.795. The second-order valence-electron chi connectivity index (χ2n) is 6.26. The van der Waals surface area contributed by atoms with Crippen molar-refractivity contribution in [1.82, 2.24) is 15.5 Å². The molecule has 0 spiro atoms. The molecule has 21 heavy (non-hydrogen) atoms. The first-order valence-corrected chi connectivity index (χ1v) is 8.53. The van der Waals surface area contributed by atoms with Crippen molar-refractivity contribution in [3.8, 4) is 10.6 Å². The molecule has 1 saturated carbocycles. The summed E-state index contributed by atoms with van der Waals surface area (Å²) in [4.78, 5) is 1.20. The first-order valence-electron chi connectivity index (χ1n) is 7.65. The summed E-state index contributed by atoms with van der Waals surface area (Å²) in [5.74, 6) is 0.754. The molecule has 0 amide bonds.